The second-order valence-electron chi connectivity index (χ2n) is 3.93. The second-order valence-corrected chi connectivity index (χ2v) is 3.93. The summed E-state index contributed by atoms with van der Waals surface area (Å²) in [6.45, 7) is 1.99. The van der Waals surface area contributed by atoms with Gasteiger partial charge < -0.3 is 9.84 Å². The number of allylic oxidation sites excluding steroid dienone is 1. The number of aryl methyl sites for hydroxylation is 1. The van der Waals surface area contributed by atoms with Gasteiger partial charge in [-0.1, -0.05) is 6.08 Å². The molecule has 0 aliphatic heterocycles. The molecule has 0 aromatic heterocycles. The summed E-state index contributed by atoms with van der Waals surface area (Å²) >= 11 is 0. The fourth-order valence-corrected chi connectivity index (χ4v) is 2.15. The first-order valence-corrected chi connectivity index (χ1v) is 5.25. The zero-order chi connectivity index (χ0) is 11.7. The second kappa shape index (κ2) is 4.00. The number of fused-ring (bicyclic) bond motifs is 1. The van der Waals surface area contributed by atoms with Crippen molar-refractivity contribution < 1.29 is 14.6 Å². The van der Waals surface area contributed by atoms with Crippen LogP contribution >= 0.6 is 0 Å². The van der Waals surface area contributed by atoms with Gasteiger partial charge in [-0.15, -0.1) is 0 Å². The highest BCUT2D eigenvalue weighted by molar-refractivity contribution is 6.16. The van der Waals surface area contributed by atoms with Crippen molar-refractivity contribution in [2.45, 2.75) is 19.8 Å². The van der Waals surface area contributed by atoms with Crippen LogP contribution in [-0.4, -0.2) is 18.2 Å². The first kappa shape index (κ1) is 10.7. The third-order valence-electron chi connectivity index (χ3n) is 2.95. The van der Waals surface area contributed by atoms with E-state index in [-0.39, 0.29) is 0 Å². The molecule has 0 amide bonds. The van der Waals surface area contributed by atoms with Crippen LogP contribution in [0.1, 0.15) is 23.1 Å². The van der Waals surface area contributed by atoms with Crippen molar-refractivity contribution in [3.63, 3.8) is 0 Å². The van der Waals surface area contributed by atoms with Gasteiger partial charge in [-0.3, -0.25) is 0 Å². The predicted molar refractivity (Wildman–Crippen MR) is 61.7 cm³/mol. The van der Waals surface area contributed by atoms with Crippen LogP contribution in [0.15, 0.2) is 18.2 Å². The smallest absolute Gasteiger partial charge is 0.335 e. The molecule has 0 heterocycles. The maximum atomic E-state index is 11.1. The average Bonchev–Trinajstić information content (AvgIpc) is 2.28. The topological polar surface area (TPSA) is 46.5 Å². The van der Waals surface area contributed by atoms with Crippen LogP contribution in [0.3, 0.4) is 0 Å². The molecule has 1 N–H and O–H groups in total. The Hall–Kier alpha value is -1.77. The maximum absolute atomic E-state index is 11.1. The highest BCUT2D eigenvalue weighted by atomic mass is 16.5. The minimum absolute atomic E-state index is 0.392. The lowest BCUT2D eigenvalue weighted by Gasteiger charge is -2.18. The molecule has 0 fully saturated rings. The molecule has 1 aromatic carbocycles. The van der Waals surface area contributed by atoms with E-state index in [9.17, 15) is 4.79 Å². The van der Waals surface area contributed by atoms with Gasteiger partial charge in [0.2, 0.25) is 0 Å². The van der Waals surface area contributed by atoms with Crippen LogP contribution in [0, 0.1) is 6.92 Å². The summed E-state index contributed by atoms with van der Waals surface area (Å²) < 4.78 is 5.17. The van der Waals surface area contributed by atoms with Gasteiger partial charge in [0, 0.05) is 0 Å². The van der Waals surface area contributed by atoms with E-state index >= 15 is 0 Å². The summed E-state index contributed by atoms with van der Waals surface area (Å²) in [4.78, 5) is 11.1. The van der Waals surface area contributed by atoms with Crippen molar-refractivity contribution in [2.75, 3.05) is 7.11 Å². The van der Waals surface area contributed by atoms with E-state index in [1.807, 2.05) is 13.0 Å². The van der Waals surface area contributed by atoms with Crippen LogP contribution < -0.4 is 4.74 Å². The summed E-state index contributed by atoms with van der Waals surface area (Å²) in [5, 5.41) is 9.13. The monoisotopic (exact) mass is 218 g/mol. The van der Waals surface area contributed by atoms with Crippen LogP contribution in [0.2, 0.25) is 0 Å². The molecule has 0 unspecified atom stereocenters. The summed E-state index contributed by atoms with van der Waals surface area (Å²) in [7, 11) is 1.59. The van der Waals surface area contributed by atoms with Gasteiger partial charge in [0.1, 0.15) is 5.75 Å². The Labute approximate surface area is 94.4 Å². The number of benzene rings is 1. The van der Waals surface area contributed by atoms with E-state index in [4.69, 9.17) is 9.84 Å². The molecule has 0 bridgehead atoms. The van der Waals surface area contributed by atoms with Gasteiger partial charge >= 0.3 is 5.97 Å². The number of carbonyl (C=O) groups is 1. The van der Waals surface area contributed by atoms with Crippen LogP contribution in [0.5, 0.6) is 5.75 Å². The SMILES string of the molecule is COc1cc(C)c2c(c1)C(C(=O)O)=CCC2. The third kappa shape index (κ3) is 1.69. The van der Waals surface area contributed by atoms with Gasteiger partial charge in [0.25, 0.3) is 0 Å². The molecule has 84 valence electrons. The van der Waals surface area contributed by atoms with E-state index in [0.717, 1.165) is 29.5 Å². The number of rotatable bonds is 2. The van der Waals surface area contributed by atoms with E-state index in [2.05, 4.69) is 0 Å². The number of ether oxygens (including phenoxy) is 1. The molecule has 16 heavy (non-hydrogen) atoms. The zero-order valence-corrected chi connectivity index (χ0v) is 9.41. The predicted octanol–water partition coefficient (Wildman–Crippen LogP) is 2.42. The van der Waals surface area contributed by atoms with Gasteiger partial charge in [-0.05, 0) is 48.6 Å². The molecule has 1 aliphatic rings. The highest BCUT2D eigenvalue weighted by Crippen LogP contribution is 2.32. The number of aliphatic carboxylic acids is 1. The van der Waals surface area contributed by atoms with E-state index in [1.54, 1.807) is 19.3 Å². The first-order chi connectivity index (χ1) is 7.63. The van der Waals surface area contributed by atoms with Crippen molar-refractivity contribution >= 4 is 11.5 Å². The summed E-state index contributed by atoms with van der Waals surface area (Å²) in [6.07, 6.45) is 3.48. The molecule has 1 aromatic rings. The van der Waals surface area contributed by atoms with Crippen molar-refractivity contribution in [3.8, 4) is 5.75 Å². The van der Waals surface area contributed by atoms with Crippen LogP contribution in [-0.2, 0) is 11.2 Å². The Morgan fingerprint density at radius 1 is 1.44 bits per heavy atom. The minimum atomic E-state index is -0.867. The molecule has 1 aliphatic carbocycles. The summed E-state index contributed by atoms with van der Waals surface area (Å²) in [5.41, 5.74) is 3.42. The summed E-state index contributed by atoms with van der Waals surface area (Å²) in [6, 6.07) is 3.76. The molecule has 0 radical (unpaired) electrons. The Bertz CT molecular complexity index is 472. The fourth-order valence-electron chi connectivity index (χ4n) is 2.15. The largest absolute Gasteiger partial charge is 0.497 e. The number of hydrogen-bond acceptors (Lipinski definition) is 2. The molecule has 0 spiro atoms. The van der Waals surface area contributed by atoms with E-state index in [0.29, 0.717) is 11.3 Å². The van der Waals surface area contributed by atoms with Gasteiger partial charge in [0.05, 0.1) is 12.7 Å². The maximum Gasteiger partial charge on any atom is 0.335 e. The van der Waals surface area contributed by atoms with Gasteiger partial charge in [-0.25, -0.2) is 4.79 Å². The van der Waals surface area contributed by atoms with Crippen molar-refractivity contribution in [3.05, 3.63) is 34.9 Å². The molecular weight excluding hydrogens is 204 g/mol. The minimum Gasteiger partial charge on any atom is -0.497 e. The van der Waals surface area contributed by atoms with Crippen molar-refractivity contribution in [1.82, 2.24) is 0 Å². The number of methoxy groups -OCH3 is 1. The van der Waals surface area contributed by atoms with E-state index < -0.39 is 5.97 Å². The van der Waals surface area contributed by atoms with E-state index in [1.165, 1.54) is 0 Å². The molecule has 2 rings (SSSR count). The quantitative estimate of drug-likeness (QED) is 0.829. The molecule has 0 atom stereocenters. The lowest BCUT2D eigenvalue weighted by Crippen LogP contribution is -2.09. The number of carboxylic acid groups (broad SMARTS) is 1. The number of hydrogen-bond donors (Lipinski definition) is 1. The lowest BCUT2D eigenvalue weighted by molar-refractivity contribution is -0.130. The molecular formula is C13H14O3. The zero-order valence-electron chi connectivity index (χ0n) is 9.41. The van der Waals surface area contributed by atoms with Crippen molar-refractivity contribution in [2.24, 2.45) is 0 Å². The molecule has 3 nitrogen and oxygen atoms in total. The molecule has 3 heteroatoms. The van der Waals surface area contributed by atoms with Crippen LogP contribution in [0.25, 0.3) is 5.57 Å². The van der Waals surface area contributed by atoms with Crippen molar-refractivity contribution in [1.29, 1.82) is 0 Å². The van der Waals surface area contributed by atoms with Gasteiger partial charge in [-0.2, -0.15) is 0 Å². The fraction of sp³-hybridized carbons (Fsp3) is 0.308. The average molecular weight is 218 g/mol. The van der Waals surface area contributed by atoms with Gasteiger partial charge in [0.15, 0.2) is 0 Å². The standard InChI is InChI=1S/C13H14O3/c1-8-6-9(16-2)7-12-10(8)4-3-5-11(12)13(14)15/h5-7H,3-4H2,1-2H3,(H,14,15). The van der Waals surface area contributed by atoms with Crippen LogP contribution in [0.4, 0.5) is 0 Å². The number of carboxylic acids is 1. The Morgan fingerprint density at radius 2 is 2.19 bits per heavy atom. The molecule has 0 saturated carbocycles. The lowest BCUT2D eigenvalue weighted by atomic mass is 9.87. The summed E-state index contributed by atoms with van der Waals surface area (Å²) in [5.74, 6) is -0.154. The Balaban J connectivity index is 2.61. The Morgan fingerprint density at radius 3 is 2.81 bits per heavy atom. The highest BCUT2D eigenvalue weighted by Gasteiger charge is 2.20. The first-order valence-electron chi connectivity index (χ1n) is 5.25. The normalized spacial score (nSPS) is 14.0. The molecule has 0 saturated heterocycles. The third-order valence-corrected chi connectivity index (χ3v) is 2.95. The Kier molecular flexibility index (Phi) is 2.69.